The molecule has 7 heteroatoms. The van der Waals surface area contributed by atoms with Gasteiger partial charge in [0, 0.05) is 32.1 Å². The lowest BCUT2D eigenvalue weighted by Crippen LogP contribution is -2.45. The lowest BCUT2D eigenvalue weighted by atomic mass is 9.94. The number of likely N-dealkylation sites (tertiary alicyclic amines) is 1. The van der Waals surface area contributed by atoms with Crippen molar-refractivity contribution in [3.05, 3.63) is 29.6 Å². The van der Waals surface area contributed by atoms with Crippen LogP contribution >= 0.6 is 0 Å². The number of nitrogens with zero attached hydrogens (tertiary/aromatic N) is 3. The molecule has 0 spiro atoms. The molecule has 0 bridgehead atoms. The molecule has 0 saturated carbocycles. The van der Waals surface area contributed by atoms with Crippen LogP contribution in [0.25, 0.3) is 0 Å². The SMILES string of the molecule is CC(C)N(C)C(=O)C1CCN(C(=O)c2cccc(C(=O)O)n2)CC1. The highest BCUT2D eigenvalue weighted by molar-refractivity contribution is 5.94. The van der Waals surface area contributed by atoms with Crippen LogP contribution in [0.2, 0.25) is 0 Å². The molecule has 1 N–H and O–H groups in total. The molecule has 1 aliphatic rings. The van der Waals surface area contributed by atoms with Gasteiger partial charge in [-0.1, -0.05) is 6.07 Å². The van der Waals surface area contributed by atoms with Crippen molar-refractivity contribution in [2.24, 2.45) is 5.92 Å². The number of amides is 2. The standard InChI is InChI=1S/C17H23N3O4/c1-11(2)19(3)15(21)12-7-9-20(10-8-12)16(22)13-5-4-6-14(18-13)17(23)24/h4-6,11-12H,7-10H2,1-3H3,(H,23,24). The average Bonchev–Trinajstić information content (AvgIpc) is 2.60. The zero-order chi connectivity index (χ0) is 17.9. The Morgan fingerprint density at radius 3 is 2.33 bits per heavy atom. The molecular weight excluding hydrogens is 310 g/mol. The number of rotatable bonds is 4. The molecule has 130 valence electrons. The zero-order valence-corrected chi connectivity index (χ0v) is 14.2. The molecule has 2 rings (SSSR count). The van der Waals surface area contributed by atoms with Crippen LogP contribution < -0.4 is 0 Å². The molecule has 1 fully saturated rings. The third-order valence-electron chi connectivity index (χ3n) is 4.44. The Labute approximate surface area is 141 Å². The van der Waals surface area contributed by atoms with Crippen LogP contribution in [0.5, 0.6) is 0 Å². The fourth-order valence-corrected chi connectivity index (χ4v) is 2.71. The van der Waals surface area contributed by atoms with Gasteiger partial charge in [-0.2, -0.15) is 0 Å². The van der Waals surface area contributed by atoms with E-state index in [1.807, 2.05) is 13.8 Å². The topological polar surface area (TPSA) is 90.8 Å². The summed E-state index contributed by atoms with van der Waals surface area (Å²) in [6.07, 6.45) is 1.22. The van der Waals surface area contributed by atoms with Crippen LogP contribution in [0.4, 0.5) is 0 Å². The van der Waals surface area contributed by atoms with Crippen LogP contribution in [0.1, 0.15) is 47.7 Å². The van der Waals surface area contributed by atoms with Gasteiger partial charge in [0.25, 0.3) is 5.91 Å². The number of piperidine rings is 1. The Kier molecular flexibility index (Phi) is 5.54. The van der Waals surface area contributed by atoms with Gasteiger partial charge in [0.2, 0.25) is 5.91 Å². The van der Waals surface area contributed by atoms with Gasteiger partial charge in [0.1, 0.15) is 11.4 Å². The summed E-state index contributed by atoms with van der Waals surface area (Å²) >= 11 is 0. The number of carbonyl (C=O) groups is 3. The predicted molar refractivity (Wildman–Crippen MR) is 87.7 cm³/mol. The van der Waals surface area contributed by atoms with E-state index < -0.39 is 5.97 Å². The first-order chi connectivity index (χ1) is 11.3. The summed E-state index contributed by atoms with van der Waals surface area (Å²) in [6.45, 7) is 4.88. The average molecular weight is 333 g/mol. The number of hydrogen-bond acceptors (Lipinski definition) is 4. The van der Waals surface area contributed by atoms with Gasteiger partial charge in [-0.15, -0.1) is 0 Å². The van der Waals surface area contributed by atoms with Crippen LogP contribution in [0, 0.1) is 5.92 Å². The van der Waals surface area contributed by atoms with E-state index in [4.69, 9.17) is 5.11 Å². The second kappa shape index (κ2) is 7.42. The predicted octanol–water partition coefficient (Wildman–Crippen LogP) is 1.50. The number of carbonyl (C=O) groups excluding carboxylic acids is 2. The Morgan fingerprint density at radius 1 is 1.21 bits per heavy atom. The van der Waals surface area contributed by atoms with Crippen molar-refractivity contribution in [3.8, 4) is 0 Å². The maximum absolute atomic E-state index is 12.5. The van der Waals surface area contributed by atoms with Crippen LogP contribution in [-0.4, -0.2) is 63.9 Å². The van der Waals surface area contributed by atoms with Crippen molar-refractivity contribution in [1.82, 2.24) is 14.8 Å². The summed E-state index contributed by atoms with van der Waals surface area (Å²) in [5, 5.41) is 8.96. The highest BCUT2D eigenvalue weighted by atomic mass is 16.4. The van der Waals surface area contributed by atoms with Crippen molar-refractivity contribution in [2.75, 3.05) is 20.1 Å². The van der Waals surface area contributed by atoms with Gasteiger partial charge >= 0.3 is 5.97 Å². The molecule has 1 saturated heterocycles. The Bertz CT molecular complexity index is 636. The largest absolute Gasteiger partial charge is 0.477 e. The van der Waals surface area contributed by atoms with Crippen molar-refractivity contribution < 1.29 is 19.5 Å². The zero-order valence-electron chi connectivity index (χ0n) is 14.2. The van der Waals surface area contributed by atoms with E-state index in [9.17, 15) is 14.4 Å². The van der Waals surface area contributed by atoms with E-state index in [1.165, 1.54) is 18.2 Å². The summed E-state index contributed by atoms with van der Waals surface area (Å²) in [7, 11) is 1.80. The van der Waals surface area contributed by atoms with Gasteiger partial charge in [-0.3, -0.25) is 9.59 Å². The van der Waals surface area contributed by atoms with Crippen molar-refractivity contribution >= 4 is 17.8 Å². The molecule has 1 aromatic heterocycles. The van der Waals surface area contributed by atoms with E-state index in [1.54, 1.807) is 16.8 Å². The summed E-state index contributed by atoms with van der Waals surface area (Å²) in [5.41, 5.74) is -0.0246. The first-order valence-electron chi connectivity index (χ1n) is 8.07. The molecular formula is C17H23N3O4. The number of hydrogen-bond donors (Lipinski definition) is 1. The highest BCUT2D eigenvalue weighted by Crippen LogP contribution is 2.21. The van der Waals surface area contributed by atoms with Crippen LogP contribution in [-0.2, 0) is 4.79 Å². The van der Waals surface area contributed by atoms with E-state index >= 15 is 0 Å². The van der Waals surface area contributed by atoms with Gasteiger partial charge < -0.3 is 14.9 Å². The number of carboxylic acid groups (broad SMARTS) is 1. The molecule has 7 nitrogen and oxygen atoms in total. The Hall–Kier alpha value is -2.44. The Morgan fingerprint density at radius 2 is 1.79 bits per heavy atom. The fraction of sp³-hybridized carbons (Fsp3) is 0.529. The fourth-order valence-electron chi connectivity index (χ4n) is 2.71. The van der Waals surface area contributed by atoms with Crippen molar-refractivity contribution in [1.29, 1.82) is 0 Å². The third-order valence-corrected chi connectivity index (χ3v) is 4.44. The molecule has 0 atom stereocenters. The molecule has 2 heterocycles. The number of aromatic carboxylic acids is 1. The van der Waals surface area contributed by atoms with E-state index in [0.29, 0.717) is 25.9 Å². The normalized spacial score (nSPS) is 15.4. The molecule has 1 aliphatic heterocycles. The molecule has 0 aliphatic carbocycles. The summed E-state index contributed by atoms with van der Waals surface area (Å²) in [6, 6.07) is 4.53. The highest BCUT2D eigenvalue weighted by Gasteiger charge is 2.30. The number of aromatic nitrogens is 1. The molecule has 0 unspecified atom stereocenters. The minimum absolute atomic E-state index is 0.0697. The van der Waals surface area contributed by atoms with Crippen molar-refractivity contribution in [3.63, 3.8) is 0 Å². The van der Waals surface area contributed by atoms with E-state index in [2.05, 4.69) is 4.98 Å². The lowest BCUT2D eigenvalue weighted by Gasteiger charge is -2.34. The minimum Gasteiger partial charge on any atom is -0.477 e. The summed E-state index contributed by atoms with van der Waals surface area (Å²) < 4.78 is 0. The molecule has 1 aromatic rings. The van der Waals surface area contributed by atoms with E-state index in [-0.39, 0.29) is 35.2 Å². The van der Waals surface area contributed by atoms with Crippen LogP contribution in [0.15, 0.2) is 18.2 Å². The van der Waals surface area contributed by atoms with Crippen LogP contribution in [0.3, 0.4) is 0 Å². The number of pyridine rings is 1. The first-order valence-corrected chi connectivity index (χ1v) is 8.07. The molecule has 24 heavy (non-hydrogen) atoms. The van der Waals surface area contributed by atoms with E-state index in [0.717, 1.165) is 0 Å². The monoisotopic (exact) mass is 333 g/mol. The lowest BCUT2D eigenvalue weighted by molar-refractivity contribution is -0.137. The van der Waals surface area contributed by atoms with Gasteiger partial charge in [-0.05, 0) is 38.8 Å². The summed E-state index contributed by atoms with van der Waals surface area (Å²) in [4.78, 5) is 43.0. The van der Waals surface area contributed by atoms with Gasteiger partial charge in [-0.25, -0.2) is 9.78 Å². The second-order valence-electron chi connectivity index (χ2n) is 6.32. The number of carboxylic acids is 1. The second-order valence-corrected chi connectivity index (χ2v) is 6.32. The smallest absolute Gasteiger partial charge is 0.354 e. The third kappa shape index (κ3) is 3.90. The molecule has 0 radical (unpaired) electrons. The van der Waals surface area contributed by atoms with Gasteiger partial charge in [0.05, 0.1) is 0 Å². The van der Waals surface area contributed by atoms with Crippen molar-refractivity contribution in [2.45, 2.75) is 32.7 Å². The molecule has 0 aromatic carbocycles. The maximum atomic E-state index is 12.5. The first kappa shape index (κ1) is 17.9. The maximum Gasteiger partial charge on any atom is 0.354 e. The quantitative estimate of drug-likeness (QED) is 0.901. The summed E-state index contributed by atoms with van der Waals surface area (Å²) in [5.74, 6) is -1.41. The van der Waals surface area contributed by atoms with Gasteiger partial charge in [0.15, 0.2) is 0 Å². The Balaban J connectivity index is 1.99. The minimum atomic E-state index is -1.16. The molecule has 2 amide bonds.